The lowest BCUT2D eigenvalue weighted by Gasteiger charge is -2.27. The molecule has 0 aliphatic rings. The topological polar surface area (TPSA) is 89.0 Å². The lowest BCUT2D eigenvalue weighted by Crippen LogP contribution is -2.38. The van der Waals surface area contributed by atoms with Gasteiger partial charge in [0.15, 0.2) is 5.69 Å². The zero-order valence-electron chi connectivity index (χ0n) is 15.6. The second kappa shape index (κ2) is 9.72. The maximum absolute atomic E-state index is 12.2. The summed E-state index contributed by atoms with van der Waals surface area (Å²) < 4.78 is 10.3. The van der Waals surface area contributed by atoms with Gasteiger partial charge in [0.1, 0.15) is 16.7 Å². The molecule has 8 heteroatoms. The highest BCUT2D eigenvalue weighted by Gasteiger charge is 2.23. The van der Waals surface area contributed by atoms with Crippen LogP contribution in [0.5, 0.6) is 0 Å². The SMILES string of the molecule is CCCN(CCC(O)c1nc(C(=O)OCC)cs1)C(=O)OC(C)(C)C. The number of aliphatic hydroxyl groups is 1. The predicted molar refractivity (Wildman–Crippen MR) is 95.7 cm³/mol. The van der Waals surface area contributed by atoms with E-state index in [0.29, 0.717) is 24.5 Å². The van der Waals surface area contributed by atoms with Crippen molar-refractivity contribution < 1.29 is 24.2 Å². The van der Waals surface area contributed by atoms with E-state index in [1.165, 1.54) is 11.3 Å². The monoisotopic (exact) mass is 372 g/mol. The van der Waals surface area contributed by atoms with Crippen LogP contribution in [0.4, 0.5) is 4.79 Å². The molecule has 0 saturated carbocycles. The molecule has 1 unspecified atom stereocenters. The second-order valence-electron chi connectivity index (χ2n) is 6.56. The summed E-state index contributed by atoms with van der Waals surface area (Å²) in [5.41, 5.74) is -0.371. The van der Waals surface area contributed by atoms with Gasteiger partial charge in [-0.05, 0) is 40.5 Å². The molecule has 7 nitrogen and oxygen atoms in total. The van der Waals surface area contributed by atoms with Crippen molar-refractivity contribution >= 4 is 23.4 Å². The second-order valence-corrected chi connectivity index (χ2v) is 7.45. The quantitative estimate of drug-likeness (QED) is 0.704. The molecule has 1 atom stereocenters. The molecule has 1 amide bonds. The Kier molecular flexibility index (Phi) is 8.31. The Hall–Kier alpha value is -1.67. The van der Waals surface area contributed by atoms with Gasteiger partial charge in [0.05, 0.1) is 6.61 Å². The van der Waals surface area contributed by atoms with Gasteiger partial charge < -0.3 is 19.5 Å². The van der Waals surface area contributed by atoms with Crippen molar-refractivity contribution in [3.05, 3.63) is 16.1 Å². The van der Waals surface area contributed by atoms with E-state index < -0.39 is 23.8 Å². The van der Waals surface area contributed by atoms with Crippen LogP contribution in [0.15, 0.2) is 5.38 Å². The largest absolute Gasteiger partial charge is 0.461 e. The highest BCUT2D eigenvalue weighted by molar-refractivity contribution is 7.09. The van der Waals surface area contributed by atoms with Crippen LogP contribution < -0.4 is 0 Å². The molecule has 0 saturated heterocycles. The maximum atomic E-state index is 12.2. The van der Waals surface area contributed by atoms with Crippen molar-refractivity contribution in [3.8, 4) is 0 Å². The minimum atomic E-state index is -0.852. The maximum Gasteiger partial charge on any atom is 0.410 e. The van der Waals surface area contributed by atoms with E-state index in [1.807, 2.05) is 27.7 Å². The van der Waals surface area contributed by atoms with Gasteiger partial charge in [-0.15, -0.1) is 11.3 Å². The van der Waals surface area contributed by atoms with Crippen molar-refractivity contribution in [2.75, 3.05) is 19.7 Å². The normalized spacial score (nSPS) is 12.6. The summed E-state index contributed by atoms with van der Waals surface area (Å²) in [6, 6.07) is 0. The molecule has 1 rings (SSSR count). The van der Waals surface area contributed by atoms with Crippen LogP contribution >= 0.6 is 11.3 Å². The molecule has 1 aromatic heterocycles. The Morgan fingerprint density at radius 2 is 2.00 bits per heavy atom. The minimum Gasteiger partial charge on any atom is -0.461 e. The Bertz CT molecular complexity index is 568. The molecular formula is C17H28N2O5S. The minimum absolute atomic E-state index is 0.193. The molecule has 0 fully saturated rings. The fraction of sp³-hybridized carbons (Fsp3) is 0.706. The standard InChI is InChI=1S/C17H28N2O5S/c1-6-9-19(16(22)24-17(3,4)5)10-8-13(20)14-18-12(11-25-14)15(21)23-7-2/h11,13,20H,6-10H2,1-5H3. The number of hydrogen-bond acceptors (Lipinski definition) is 7. The third kappa shape index (κ3) is 7.39. The summed E-state index contributed by atoms with van der Waals surface area (Å²) >= 11 is 1.20. The van der Waals surface area contributed by atoms with Crippen LogP contribution in [0.25, 0.3) is 0 Å². The van der Waals surface area contributed by atoms with E-state index >= 15 is 0 Å². The third-order valence-corrected chi connectivity index (χ3v) is 4.06. The Labute approximate surface area is 153 Å². The molecule has 25 heavy (non-hydrogen) atoms. The Balaban J connectivity index is 2.64. The van der Waals surface area contributed by atoms with E-state index in [0.717, 1.165) is 6.42 Å². The number of nitrogens with zero attached hydrogens (tertiary/aromatic N) is 2. The summed E-state index contributed by atoms with van der Waals surface area (Å²) in [5.74, 6) is -0.501. The third-order valence-electron chi connectivity index (χ3n) is 3.11. The predicted octanol–water partition coefficient (Wildman–Crippen LogP) is 3.39. The van der Waals surface area contributed by atoms with Crippen molar-refractivity contribution in [2.24, 2.45) is 0 Å². The van der Waals surface area contributed by atoms with E-state index in [1.54, 1.807) is 17.2 Å². The number of carbonyl (C=O) groups excluding carboxylic acids is 2. The Morgan fingerprint density at radius 3 is 2.56 bits per heavy atom. The van der Waals surface area contributed by atoms with Gasteiger partial charge in [0.25, 0.3) is 0 Å². The lowest BCUT2D eigenvalue weighted by atomic mass is 10.2. The average molecular weight is 372 g/mol. The summed E-state index contributed by atoms with van der Waals surface area (Å²) in [6.07, 6.45) is -0.142. The molecule has 0 bridgehead atoms. The number of aromatic nitrogens is 1. The molecule has 1 heterocycles. The van der Waals surface area contributed by atoms with Gasteiger partial charge in [0.2, 0.25) is 0 Å². The zero-order valence-corrected chi connectivity index (χ0v) is 16.4. The highest BCUT2D eigenvalue weighted by Crippen LogP contribution is 2.22. The number of amides is 1. The summed E-state index contributed by atoms with van der Waals surface area (Å²) in [7, 11) is 0. The van der Waals surface area contributed by atoms with Crippen molar-refractivity contribution in [1.29, 1.82) is 0 Å². The van der Waals surface area contributed by atoms with Crippen LogP contribution in [-0.2, 0) is 9.47 Å². The molecule has 0 aromatic carbocycles. The number of thiazole rings is 1. The molecule has 0 aliphatic carbocycles. The van der Waals surface area contributed by atoms with E-state index in [4.69, 9.17) is 9.47 Å². The van der Waals surface area contributed by atoms with E-state index in [9.17, 15) is 14.7 Å². The molecule has 0 spiro atoms. The number of carbonyl (C=O) groups is 2. The van der Waals surface area contributed by atoms with Crippen LogP contribution in [0.1, 0.15) is 69.1 Å². The van der Waals surface area contributed by atoms with Crippen molar-refractivity contribution in [2.45, 2.75) is 59.2 Å². The molecule has 142 valence electrons. The summed E-state index contributed by atoms with van der Waals surface area (Å²) in [6.45, 7) is 10.3. The lowest BCUT2D eigenvalue weighted by molar-refractivity contribution is 0.0221. The van der Waals surface area contributed by atoms with Gasteiger partial charge in [-0.25, -0.2) is 14.6 Å². The first-order chi connectivity index (χ1) is 11.7. The first-order valence-electron chi connectivity index (χ1n) is 8.46. The van der Waals surface area contributed by atoms with Gasteiger partial charge in [0, 0.05) is 18.5 Å². The van der Waals surface area contributed by atoms with E-state index in [2.05, 4.69) is 4.98 Å². The van der Waals surface area contributed by atoms with Crippen LogP contribution in [0, 0.1) is 0 Å². The molecule has 0 radical (unpaired) electrons. The molecular weight excluding hydrogens is 344 g/mol. The van der Waals surface area contributed by atoms with E-state index in [-0.39, 0.29) is 12.3 Å². The molecule has 1 aromatic rings. The van der Waals surface area contributed by atoms with Crippen LogP contribution in [0.3, 0.4) is 0 Å². The van der Waals surface area contributed by atoms with Gasteiger partial charge in [-0.2, -0.15) is 0 Å². The smallest absolute Gasteiger partial charge is 0.410 e. The summed E-state index contributed by atoms with van der Waals surface area (Å²) in [4.78, 5) is 29.5. The number of hydrogen-bond donors (Lipinski definition) is 1. The van der Waals surface area contributed by atoms with Crippen LogP contribution in [-0.4, -0.2) is 52.4 Å². The first-order valence-corrected chi connectivity index (χ1v) is 9.34. The molecule has 1 N–H and O–H groups in total. The number of ether oxygens (including phenoxy) is 2. The summed E-state index contributed by atoms with van der Waals surface area (Å²) in [5, 5.41) is 12.3. The van der Waals surface area contributed by atoms with Gasteiger partial charge >= 0.3 is 12.1 Å². The zero-order chi connectivity index (χ0) is 19.0. The van der Waals surface area contributed by atoms with Crippen molar-refractivity contribution in [3.63, 3.8) is 0 Å². The number of esters is 1. The highest BCUT2D eigenvalue weighted by atomic mass is 32.1. The molecule has 0 aliphatic heterocycles. The number of aliphatic hydroxyl groups excluding tert-OH is 1. The fourth-order valence-electron chi connectivity index (χ4n) is 2.03. The van der Waals surface area contributed by atoms with Gasteiger partial charge in [-0.3, -0.25) is 0 Å². The van der Waals surface area contributed by atoms with Crippen LogP contribution in [0.2, 0.25) is 0 Å². The fourth-order valence-corrected chi connectivity index (χ4v) is 2.84. The first kappa shape index (κ1) is 21.4. The number of rotatable bonds is 8. The van der Waals surface area contributed by atoms with Crippen molar-refractivity contribution in [1.82, 2.24) is 9.88 Å². The van der Waals surface area contributed by atoms with Gasteiger partial charge in [-0.1, -0.05) is 6.92 Å². The Morgan fingerprint density at radius 1 is 1.32 bits per heavy atom. The average Bonchev–Trinajstić information content (AvgIpc) is 2.99.